The van der Waals surface area contributed by atoms with Gasteiger partial charge in [0.05, 0.1) is 17.7 Å². The number of hydrogen-bond donors (Lipinski definition) is 1. The third-order valence-corrected chi connectivity index (χ3v) is 3.86. The fraction of sp³-hybridized carbons (Fsp3) is 0.200. The van der Waals surface area contributed by atoms with Crippen LogP contribution in [0, 0.1) is 0 Å². The van der Waals surface area contributed by atoms with Crippen LogP contribution < -0.4 is 0 Å². The zero-order valence-corrected chi connectivity index (χ0v) is 12.3. The van der Waals surface area contributed by atoms with E-state index in [1.54, 1.807) is 29.4 Å². The second-order valence-corrected chi connectivity index (χ2v) is 5.39. The van der Waals surface area contributed by atoms with Gasteiger partial charge in [-0.2, -0.15) is 0 Å². The molecule has 1 amide bonds. The highest BCUT2D eigenvalue weighted by molar-refractivity contribution is 7.14. The van der Waals surface area contributed by atoms with Crippen molar-refractivity contribution in [3.05, 3.63) is 52.1 Å². The van der Waals surface area contributed by atoms with Crippen LogP contribution in [0.25, 0.3) is 6.08 Å². The first kappa shape index (κ1) is 15.1. The van der Waals surface area contributed by atoms with Gasteiger partial charge in [0, 0.05) is 17.5 Å². The third-order valence-electron chi connectivity index (χ3n) is 2.82. The maximum absolute atomic E-state index is 12.4. The van der Waals surface area contributed by atoms with Gasteiger partial charge in [-0.05, 0) is 37.3 Å². The van der Waals surface area contributed by atoms with Crippen LogP contribution in [0.4, 0.5) is 0 Å². The molecule has 0 fully saturated rings. The second kappa shape index (κ2) is 6.90. The number of carbonyl (C=O) groups excluding carboxylic acids is 1. The number of furan rings is 1. The van der Waals surface area contributed by atoms with E-state index in [-0.39, 0.29) is 5.91 Å². The Kier molecular flexibility index (Phi) is 4.94. The van der Waals surface area contributed by atoms with E-state index in [4.69, 9.17) is 9.52 Å². The van der Waals surface area contributed by atoms with E-state index in [2.05, 4.69) is 0 Å². The molecule has 0 spiro atoms. The molecule has 2 rings (SSSR count). The van der Waals surface area contributed by atoms with Gasteiger partial charge in [-0.25, -0.2) is 4.79 Å². The smallest absolute Gasteiger partial charge is 0.328 e. The fourth-order valence-corrected chi connectivity index (χ4v) is 2.66. The Bertz CT molecular complexity index is 642. The van der Waals surface area contributed by atoms with Crippen molar-refractivity contribution in [2.24, 2.45) is 0 Å². The van der Waals surface area contributed by atoms with Crippen LogP contribution in [0.2, 0.25) is 0 Å². The third kappa shape index (κ3) is 4.06. The van der Waals surface area contributed by atoms with Crippen molar-refractivity contribution in [1.82, 2.24) is 4.90 Å². The molecule has 110 valence electrons. The normalized spacial score (nSPS) is 10.9. The molecule has 1 N–H and O–H groups in total. The van der Waals surface area contributed by atoms with E-state index in [1.165, 1.54) is 17.4 Å². The van der Waals surface area contributed by atoms with Crippen molar-refractivity contribution in [2.75, 3.05) is 6.54 Å². The molecule has 0 unspecified atom stereocenters. The molecular formula is C15H15NO4S. The van der Waals surface area contributed by atoms with E-state index < -0.39 is 5.97 Å². The van der Waals surface area contributed by atoms with E-state index >= 15 is 0 Å². The summed E-state index contributed by atoms with van der Waals surface area (Å²) in [6, 6.07) is 7.05. The molecule has 2 heterocycles. The highest BCUT2D eigenvalue weighted by Gasteiger charge is 2.17. The highest BCUT2D eigenvalue weighted by Crippen LogP contribution is 2.20. The zero-order valence-electron chi connectivity index (χ0n) is 11.5. The van der Waals surface area contributed by atoms with Crippen LogP contribution in [-0.2, 0) is 11.3 Å². The minimum atomic E-state index is -1.01. The molecular weight excluding hydrogens is 290 g/mol. The second-order valence-electron chi connectivity index (χ2n) is 4.27. The number of carboxylic acids is 1. The molecule has 0 aromatic carbocycles. The summed E-state index contributed by atoms with van der Waals surface area (Å²) in [6.07, 6.45) is 4.11. The molecule has 2 aromatic heterocycles. The Morgan fingerprint density at radius 2 is 2.19 bits per heavy atom. The number of rotatable bonds is 6. The summed E-state index contributed by atoms with van der Waals surface area (Å²) in [6.45, 7) is 2.89. The quantitative estimate of drug-likeness (QED) is 0.832. The lowest BCUT2D eigenvalue weighted by atomic mass is 10.3. The topological polar surface area (TPSA) is 70.8 Å². The fourth-order valence-electron chi connectivity index (χ4n) is 1.78. The van der Waals surface area contributed by atoms with Gasteiger partial charge in [0.25, 0.3) is 5.91 Å². The Balaban J connectivity index is 2.09. The number of carbonyl (C=O) groups is 2. The molecule has 21 heavy (non-hydrogen) atoms. The lowest BCUT2D eigenvalue weighted by molar-refractivity contribution is -0.131. The van der Waals surface area contributed by atoms with Crippen LogP contribution in [0.3, 0.4) is 0 Å². The van der Waals surface area contributed by atoms with Gasteiger partial charge in [-0.15, -0.1) is 11.3 Å². The molecule has 0 bridgehead atoms. The van der Waals surface area contributed by atoms with Crippen molar-refractivity contribution in [3.8, 4) is 0 Å². The van der Waals surface area contributed by atoms with Crippen LogP contribution in [0.15, 0.2) is 41.0 Å². The lowest BCUT2D eigenvalue weighted by Gasteiger charge is -2.18. The summed E-state index contributed by atoms with van der Waals surface area (Å²) in [5, 5.41) is 8.59. The van der Waals surface area contributed by atoms with Gasteiger partial charge in [-0.1, -0.05) is 0 Å². The highest BCUT2D eigenvalue weighted by atomic mass is 32.1. The van der Waals surface area contributed by atoms with Crippen LogP contribution in [0.5, 0.6) is 0 Å². The molecule has 0 aliphatic carbocycles. The van der Waals surface area contributed by atoms with Gasteiger partial charge in [0.1, 0.15) is 5.76 Å². The summed E-state index contributed by atoms with van der Waals surface area (Å²) in [4.78, 5) is 25.9. The molecule has 5 nitrogen and oxygen atoms in total. The van der Waals surface area contributed by atoms with Crippen molar-refractivity contribution in [1.29, 1.82) is 0 Å². The summed E-state index contributed by atoms with van der Waals surface area (Å²) < 4.78 is 5.26. The molecule has 2 aromatic rings. The molecule has 0 atom stereocenters. The standard InChI is InChI=1S/C15H15NO4S/c1-2-16(10-11-4-3-9-20-11)15(19)13-7-5-12(21-13)6-8-14(17)18/h3-9H,2,10H2,1H3,(H,17,18). The zero-order chi connectivity index (χ0) is 15.2. The SMILES string of the molecule is CCN(Cc1ccco1)C(=O)c1ccc(C=CC(=O)O)s1. The molecule has 0 saturated heterocycles. The summed E-state index contributed by atoms with van der Waals surface area (Å²) >= 11 is 1.27. The van der Waals surface area contributed by atoms with Crippen LogP contribution >= 0.6 is 11.3 Å². The number of amides is 1. The average Bonchev–Trinajstić information content (AvgIpc) is 3.13. The first-order valence-electron chi connectivity index (χ1n) is 6.42. The monoisotopic (exact) mass is 305 g/mol. The first-order chi connectivity index (χ1) is 10.1. The van der Waals surface area contributed by atoms with E-state index in [0.29, 0.717) is 18.0 Å². The molecule has 0 radical (unpaired) electrons. The van der Waals surface area contributed by atoms with Crippen LogP contribution in [0.1, 0.15) is 27.2 Å². The Labute approximate surface area is 126 Å². The van der Waals surface area contributed by atoms with Crippen molar-refractivity contribution < 1.29 is 19.1 Å². The Morgan fingerprint density at radius 1 is 1.38 bits per heavy atom. The maximum atomic E-state index is 12.4. The van der Waals surface area contributed by atoms with Crippen molar-refractivity contribution in [2.45, 2.75) is 13.5 Å². The van der Waals surface area contributed by atoms with Crippen molar-refractivity contribution in [3.63, 3.8) is 0 Å². The number of nitrogens with zero attached hydrogens (tertiary/aromatic N) is 1. The summed E-state index contributed by atoms with van der Waals surface area (Å²) in [7, 11) is 0. The van der Waals surface area contributed by atoms with Crippen LogP contribution in [-0.4, -0.2) is 28.4 Å². The van der Waals surface area contributed by atoms with E-state index in [0.717, 1.165) is 16.7 Å². The maximum Gasteiger partial charge on any atom is 0.328 e. The predicted molar refractivity (Wildman–Crippen MR) is 80.1 cm³/mol. The number of hydrogen-bond acceptors (Lipinski definition) is 4. The Hall–Kier alpha value is -2.34. The minimum Gasteiger partial charge on any atom is -0.478 e. The predicted octanol–water partition coefficient (Wildman–Crippen LogP) is 3.10. The molecule has 6 heteroatoms. The van der Waals surface area contributed by atoms with Gasteiger partial charge in [0.15, 0.2) is 0 Å². The molecule has 0 aliphatic rings. The van der Waals surface area contributed by atoms with Crippen molar-refractivity contribution >= 4 is 29.3 Å². The van der Waals surface area contributed by atoms with Gasteiger partial charge in [0.2, 0.25) is 0 Å². The number of thiophene rings is 1. The first-order valence-corrected chi connectivity index (χ1v) is 7.24. The van der Waals surface area contributed by atoms with E-state index in [9.17, 15) is 9.59 Å². The van der Waals surface area contributed by atoms with Gasteiger partial charge in [-0.3, -0.25) is 4.79 Å². The van der Waals surface area contributed by atoms with E-state index in [1.807, 2.05) is 13.0 Å². The van der Waals surface area contributed by atoms with Gasteiger partial charge >= 0.3 is 5.97 Å². The Morgan fingerprint density at radius 3 is 2.81 bits per heavy atom. The largest absolute Gasteiger partial charge is 0.478 e. The molecule has 0 aliphatic heterocycles. The van der Waals surface area contributed by atoms with Gasteiger partial charge < -0.3 is 14.4 Å². The minimum absolute atomic E-state index is 0.0890. The summed E-state index contributed by atoms with van der Waals surface area (Å²) in [5.74, 6) is -0.370. The molecule has 0 saturated carbocycles. The lowest BCUT2D eigenvalue weighted by Crippen LogP contribution is -2.29. The summed E-state index contributed by atoms with van der Waals surface area (Å²) in [5.41, 5.74) is 0. The average molecular weight is 305 g/mol. The number of carboxylic acid groups (broad SMARTS) is 1. The number of aliphatic carboxylic acids is 1.